The molecule has 1 aromatic carbocycles. The Morgan fingerprint density at radius 2 is 1.75 bits per heavy atom. The fourth-order valence-electron chi connectivity index (χ4n) is 1.97. The molecule has 0 saturated heterocycles. The van der Waals surface area contributed by atoms with Crippen molar-refractivity contribution in [1.29, 1.82) is 0 Å². The number of alkyl halides is 3. The van der Waals surface area contributed by atoms with Crippen molar-refractivity contribution in [1.82, 2.24) is 4.31 Å². The van der Waals surface area contributed by atoms with Gasteiger partial charge in [-0.1, -0.05) is 13.8 Å². The van der Waals surface area contributed by atoms with Crippen LogP contribution in [-0.4, -0.2) is 38.4 Å². The Balaban J connectivity index is 3.12. The van der Waals surface area contributed by atoms with Crippen LogP contribution in [0.15, 0.2) is 29.2 Å². The van der Waals surface area contributed by atoms with Crippen LogP contribution in [0.4, 0.5) is 13.2 Å². The molecule has 0 aromatic heterocycles. The van der Waals surface area contributed by atoms with Crippen molar-refractivity contribution in [2.45, 2.75) is 31.8 Å². The van der Waals surface area contributed by atoms with Crippen molar-refractivity contribution in [3.05, 3.63) is 29.8 Å². The Morgan fingerprint density at radius 3 is 2.17 bits per heavy atom. The van der Waals surface area contributed by atoms with E-state index in [1.54, 1.807) is 20.8 Å². The van der Waals surface area contributed by atoms with Crippen LogP contribution in [0.1, 0.15) is 26.3 Å². The Kier molecular flexibility index (Phi) is 6.79. The van der Waals surface area contributed by atoms with Gasteiger partial charge in [-0.05, 0) is 37.1 Å². The van der Waals surface area contributed by atoms with E-state index >= 15 is 0 Å². The first-order chi connectivity index (χ1) is 11.0. The summed E-state index contributed by atoms with van der Waals surface area (Å²) in [5, 5.41) is 0. The van der Waals surface area contributed by atoms with Gasteiger partial charge in [-0.3, -0.25) is 4.79 Å². The zero-order chi connectivity index (χ0) is 18.5. The summed E-state index contributed by atoms with van der Waals surface area (Å²) < 4.78 is 68.6. The number of carbonyl (C=O) groups is 1. The van der Waals surface area contributed by atoms with E-state index in [4.69, 9.17) is 4.74 Å². The number of nitrogens with zero attached hydrogens (tertiary/aromatic N) is 1. The molecule has 0 bridgehead atoms. The number of esters is 1. The monoisotopic (exact) mass is 367 g/mol. The van der Waals surface area contributed by atoms with Crippen molar-refractivity contribution in [2.75, 3.05) is 19.7 Å². The highest BCUT2D eigenvalue weighted by molar-refractivity contribution is 7.89. The van der Waals surface area contributed by atoms with Crippen LogP contribution in [0.5, 0.6) is 0 Å². The van der Waals surface area contributed by atoms with Crippen LogP contribution in [0.3, 0.4) is 0 Å². The third kappa shape index (κ3) is 5.48. The van der Waals surface area contributed by atoms with Gasteiger partial charge in [-0.25, -0.2) is 8.42 Å². The van der Waals surface area contributed by atoms with E-state index in [1.807, 2.05) is 0 Å². The number of benzene rings is 1. The number of sulfonamides is 1. The second kappa shape index (κ2) is 7.98. The van der Waals surface area contributed by atoms with E-state index in [-0.39, 0.29) is 24.0 Å². The topological polar surface area (TPSA) is 63.7 Å². The number of ether oxygens (including phenoxy) is 1. The van der Waals surface area contributed by atoms with Crippen LogP contribution in [0, 0.1) is 5.92 Å². The molecule has 1 rings (SSSR count). The molecule has 0 saturated carbocycles. The first-order valence-corrected chi connectivity index (χ1v) is 8.75. The first-order valence-electron chi connectivity index (χ1n) is 7.31. The van der Waals surface area contributed by atoms with Crippen LogP contribution in [0.2, 0.25) is 0 Å². The molecule has 0 amide bonds. The maximum absolute atomic E-state index is 12.6. The summed E-state index contributed by atoms with van der Waals surface area (Å²) >= 11 is 0. The normalized spacial score (nSPS) is 12.7. The van der Waals surface area contributed by atoms with Gasteiger partial charge < -0.3 is 4.74 Å². The quantitative estimate of drug-likeness (QED) is 0.695. The lowest BCUT2D eigenvalue weighted by molar-refractivity contribution is -0.143. The molecule has 0 aliphatic rings. The molecular weight excluding hydrogens is 347 g/mol. The number of hydrogen-bond acceptors (Lipinski definition) is 4. The van der Waals surface area contributed by atoms with Crippen molar-refractivity contribution < 1.29 is 31.1 Å². The minimum atomic E-state index is -4.55. The smallest absolute Gasteiger partial charge is 0.416 e. The molecule has 0 heterocycles. The Labute approximate surface area is 139 Å². The molecule has 1 aromatic rings. The lowest BCUT2D eigenvalue weighted by Gasteiger charge is -2.23. The molecule has 9 heteroatoms. The minimum Gasteiger partial charge on any atom is -0.465 e. The predicted molar refractivity (Wildman–Crippen MR) is 81.7 cm³/mol. The molecule has 0 aliphatic heterocycles. The Morgan fingerprint density at radius 1 is 1.21 bits per heavy atom. The van der Waals surface area contributed by atoms with Crippen molar-refractivity contribution in [2.24, 2.45) is 5.92 Å². The van der Waals surface area contributed by atoms with E-state index in [9.17, 15) is 26.4 Å². The van der Waals surface area contributed by atoms with E-state index in [2.05, 4.69) is 0 Å². The van der Waals surface area contributed by atoms with E-state index in [0.717, 1.165) is 16.4 Å². The zero-order valence-electron chi connectivity index (χ0n) is 13.6. The maximum atomic E-state index is 12.6. The van der Waals surface area contributed by atoms with Gasteiger partial charge >= 0.3 is 12.1 Å². The van der Waals surface area contributed by atoms with Gasteiger partial charge in [0.15, 0.2) is 0 Å². The standard InChI is InChI=1S/C15H20F3NO4S/c1-4-23-14(20)10-19(9-11(2)3)24(21,22)13-7-5-12(6-8-13)15(16,17)18/h5-8,11H,4,9-10H2,1-3H3. The van der Waals surface area contributed by atoms with Gasteiger partial charge in [0.05, 0.1) is 17.1 Å². The van der Waals surface area contributed by atoms with Gasteiger partial charge in [0.25, 0.3) is 0 Å². The van der Waals surface area contributed by atoms with Gasteiger partial charge in [0, 0.05) is 6.54 Å². The summed E-state index contributed by atoms with van der Waals surface area (Å²) in [6.45, 7) is 4.78. The number of rotatable bonds is 7. The summed E-state index contributed by atoms with van der Waals surface area (Å²) in [6, 6.07) is 3.17. The second-order valence-electron chi connectivity index (χ2n) is 5.52. The van der Waals surface area contributed by atoms with Crippen LogP contribution in [0.25, 0.3) is 0 Å². The summed E-state index contributed by atoms with van der Waals surface area (Å²) in [7, 11) is -4.11. The molecule has 0 aliphatic carbocycles. The third-order valence-electron chi connectivity index (χ3n) is 3.00. The number of halogens is 3. The second-order valence-corrected chi connectivity index (χ2v) is 7.46. The highest BCUT2D eigenvalue weighted by Crippen LogP contribution is 2.30. The Bertz CT molecular complexity index is 654. The lowest BCUT2D eigenvalue weighted by atomic mass is 10.2. The van der Waals surface area contributed by atoms with Crippen molar-refractivity contribution in [3.63, 3.8) is 0 Å². The zero-order valence-corrected chi connectivity index (χ0v) is 14.4. The average molecular weight is 367 g/mol. The van der Waals surface area contributed by atoms with E-state index in [0.29, 0.717) is 12.1 Å². The van der Waals surface area contributed by atoms with E-state index < -0.39 is 34.3 Å². The summed E-state index contributed by atoms with van der Waals surface area (Å²) in [6.07, 6.45) is -4.55. The van der Waals surface area contributed by atoms with Crippen molar-refractivity contribution in [3.8, 4) is 0 Å². The third-order valence-corrected chi connectivity index (χ3v) is 4.82. The fraction of sp³-hybridized carbons (Fsp3) is 0.533. The summed E-state index contributed by atoms with van der Waals surface area (Å²) in [4.78, 5) is 11.3. The number of carbonyl (C=O) groups excluding carboxylic acids is 1. The molecule has 0 unspecified atom stereocenters. The largest absolute Gasteiger partial charge is 0.465 e. The van der Waals surface area contributed by atoms with Crippen LogP contribution in [-0.2, 0) is 25.7 Å². The van der Waals surface area contributed by atoms with E-state index in [1.165, 1.54) is 0 Å². The van der Waals surface area contributed by atoms with Gasteiger partial charge in [-0.2, -0.15) is 17.5 Å². The SMILES string of the molecule is CCOC(=O)CN(CC(C)C)S(=O)(=O)c1ccc(C(F)(F)F)cc1. The Hall–Kier alpha value is -1.61. The lowest BCUT2D eigenvalue weighted by Crippen LogP contribution is -2.38. The summed E-state index contributed by atoms with van der Waals surface area (Å²) in [5.41, 5.74) is -0.942. The van der Waals surface area contributed by atoms with Crippen molar-refractivity contribution >= 4 is 16.0 Å². The first kappa shape index (κ1) is 20.4. The molecule has 0 atom stereocenters. The number of hydrogen-bond donors (Lipinski definition) is 0. The van der Waals surface area contributed by atoms with Gasteiger partial charge in [0.2, 0.25) is 10.0 Å². The molecule has 0 spiro atoms. The summed E-state index contributed by atoms with van der Waals surface area (Å²) in [5.74, 6) is -0.794. The molecule has 5 nitrogen and oxygen atoms in total. The van der Waals surface area contributed by atoms with Gasteiger partial charge in [0.1, 0.15) is 6.54 Å². The van der Waals surface area contributed by atoms with Crippen LogP contribution >= 0.6 is 0 Å². The minimum absolute atomic E-state index is 0.0438. The van der Waals surface area contributed by atoms with Crippen LogP contribution < -0.4 is 0 Å². The van der Waals surface area contributed by atoms with Gasteiger partial charge in [-0.15, -0.1) is 0 Å². The highest BCUT2D eigenvalue weighted by Gasteiger charge is 2.32. The molecular formula is C15H20F3NO4S. The highest BCUT2D eigenvalue weighted by atomic mass is 32.2. The molecule has 0 N–H and O–H groups in total. The molecule has 0 radical (unpaired) electrons. The fourth-order valence-corrected chi connectivity index (χ4v) is 3.52. The molecule has 136 valence electrons. The molecule has 0 fully saturated rings. The molecule has 24 heavy (non-hydrogen) atoms. The average Bonchev–Trinajstić information content (AvgIpc) is 2.45. The maximum Gasteiger partial charge on any atom is 0.416 e. The predicted octanol–water partition coefficient (Wildman–Crippen LogP) is 2.92.